The number of hydrogen-bond donors (Lipinski definition) is 2. The summed E-state index contributed by atoms with van der Waals surface area (Å²) in [5.74, 6) is 0. The van der Waals surface area contributed by atoms with Gasteiger partial charge in [-0.05, 0) is 0 Å². The number of hydrogen-bond acceptors (Lipinski definition) is 1. The van der Waals surface area contributed by atoms with Gasteiger partial charge in [0.15, 0.2) is 0 Å². The van der Waals surface area contributed by atoms with Crippen molar-refractivity contribution in [2.75, 3.05) is 0 Å². The second-order valence-corrected chi connectivity index (χ2v) is 2.74. The number of rotatable bonds is 0. The van der Waals surface area contributed by atoms with Crippen molar-refractivity contribution in [3.05, 3.63) is 0 Å². The van der Waals surface area contributed by atoms with Crippen molar-refractivity contribution in [3.8, 4) is 0 Å². The molecule has 0 heterocycles. The predicted octanol–water partition coefficient (Wildman–Crippen LogP) is -1.51. The molecule has 0 atom stereocenters. The van der Waals surface area contributed by atoms with Crippen LogP contribution in [0.15, 0.2) is 0 Å². The van der Waals surface area contributed by atoms with E-state index in [9.17, 15) is 0 Å². The van der Waals surface area contributed by atoms with Gasteiger partial charge in [0.25, 0.3) is 0 Å². The van der Waals surface area contributed by atoms with Crippen LogP contribution in [0.3, 0.4) is 0 Å². The molecule has 0 spiro atoms. The molecule has 0 amide bonds. The first-order chi connectivity index (χ1) is 2.00. The molecule has 2 N–H and O–H groups in total. The average Bonchev–Trinajstić information content (AvgIpc) is 0.722. The molecule has 3 nitrogen and oxygen atoms in total. The Kier molecular flexibility index (Phi) is 17.3. The quantitative estimate of drug-likeness (QED) is 0.404. The van der Waals surface area contributed by atoms with Crippen molar-refractivity contribution >= 4 is 101 Å². The van der Waals surface area contributed by atoms with E-state index in [4.69, 9.17) is 14.4 Å². The molecule has 0 saturated heterocycles. The van der Waals surface area contributed by atoms with E-state index in [1.54, 1.807) is 0 Å². The van der Waals surface area contributed by atoms with Crippen LogP contribution >= 0.6 is 18.2 Å². The van der Waals surface area contributed by atoms with Crippen LogP contribution < -0.4 is 0 Å². The third-order valence-corrected chi connectivity index (χ3v) is 0. The van der Waals surface area contributed by atoms with E-state index >= 15 is 0 Å². The van der Waals surface area contributed by atoms with Crippen molar-refractivity contribution in [3.63, 3.8) is 0 Å². The summed E-state index contributed by atoms with van der Waals surface area (Å²) >= 11 is 4.20. The third kappa shape index (κ3) is 46.8. The molecule has 0 unspecified atom stereocenters. The van der Waals surface area contributed by atoms with Crippen molar-refractivity contribution in [1.82, 2.24) is 0 Å². The van der Waals surface area contributed by atoms with Crippen LogP contribution in [0.4, 0.5) is 0 Å². The molecule has 0 bridgehead atoms. The Hall–Kier alpha value is 3.18. The first-order valence-corrected chi connectivity index (χ1v) is 3.27. The normalized spacial score (nSPS) is 8.43. The summed E-state index contributed by atoms with van der Waals surface area (Å²) in [6, 6.07) is 0. The zero-order valence-electron chi connectivity index (χ0n) is 2.13. The van der Waals surface area contributed by atoms with Gasteiger partial charge in [0.2, 0.25) is 0 Å². The summed E-state index contributed by atoms with van der Waals surface area (Å²) in [6.07, 6.45) is 0. The van der Waals surface area contributed by atoms with Gasteiger partial charge >= 0.3 is 90.2 Å². The predicted molar refractivity (Wildman–Crippen MR) is 35.0 cm³/mol. The van der Waals surface area contributed by atoms with E-state index in [2.05, 4.69) is 11.2 Å². The molecule has 0 fully saturated rings. The Morgan fingerprint density at radius 1 is 1.43 bits per heavy atom. The summed E-state index contributed by atoms with van der Waals surface area (Å²) in [7, 11) is 0. The van der Waals surface area contributed by atoms with Crippen LogP contribution in [-0.2, 0) is 4.57 Å². The molecular weight excluding hydrogens is 242 g/mol. The van der Waals surface area contributed by atoms with E-state index in [1.165, 1.54) is 0 Å². The summed E-state index contributed by atoms with van der Waals surface area (Å²) in [5, 5.41) is 0. The van der Waals surface area contributed by atoms with Crippen molar-refractivity contribution in [2.45, 2.75) is 0 Å². The van der Waals surface area contributed by atoms with E-state index in [1.807, 2.05) is 0 Å². The summed E-state index contributed by atoms with van der Waals surface area (Å²) < 4.78 is 9.09. The fraction of sp³-hybridized carbons (Fsp3) is 0. The molecule has 7 heteroatoms. The second kappa shape index (κ2) is 7.29. The standard InChI is InChI=1S/Ca.ClH2O3P.Sr.4H/c;1-5(2,3)4;;;;;/h;(H2,2,3,4);;;;;. The second-order valence-electron chi connectivity index (χ2n) is 0.473. The zero-order valence-corrected chi connectivity index (χ0v) is 3.78. The Labute approximate surface area is 113 Å². The van der Waals surface area contributed by atoms with Gasteiger partial charge in [-0.3, -0.25) is 0 Å². The van der Waals surface area contributed by atoms with E-state index in [0.29, 0.717) is 0 Å². The van der Waals surface area contributed by atoms with Gasteiger partial charge in [0.05, 0.1) is 0 Å². The maximum absolute atomic E-state index is 9.09. The maximum atomic E-state index is 9.09. The van der Waals surface area contributed by atoms with Crippen LogP contribution in [0.2, 0.25) is 0 Å². The van der Waals surface area contributed by atoms with Crippen LogP contribution in [-0.4, -0.2) is 93.0 Å². The molecule has 0 aromatic carbocycles. The molecule has 0 aromatic rings. The van der Waals surface area contributed by atoms with Gasteiger partial charge in [-0.1, -0.05) is 0 Å². The third-order valence-electron chi connectivity index (χ3n) is 0. The topological polar surface area (TPSA) is 57.5 Å². The summed E-state index contributed by atoms with van der Waals surface area (Å²) in [4.78, 5) is 14.8. The summed E-state index contributed by atoms with van der Waals surface area (Å²) in [5.41, 5.74) is 0. The van der Waals surface area contributed by atoms with Crippen LogP contribution in [0.1, 0.15) is 0 Å². The summed E-state index contributed by atoms with van der Waals surface area (Å²) in [6.45, 7) is -4.17. The Bertz CT molecular complexity index is 61.1. The van der Waals surface area contributed by atoms with Crippen LogP contribution in [0, 0.1) is 0 Å². The van der Waals surface area contributed by atoms with Crippen molar-refractivity contribution in [1.29, 1.82) is 0 Å². The van der Waals surface area contributed by atoms with Gasteiger partial charge in [-0.25, -0.2) is 4.57 Å². The van der Waals surface area contributed by atoms with Gasteiger partial charge in [-0.2, -0.15) is 0 Å². The molecule has 0 radical (unpaired) electrons. The fourth-order valence-electron chi connectivity index (χ4n) is 0. The Morgan fingerprint density at radius 2 is 1.43 bits per heavy atom. The average molecular weight is 248 g/mol. The van der Waals surface area contributed by atoms with Crippen molar-refractivity contribution in [2.24, 2.45) is 0 Å². The Balaban J connectivity index is -0.0000000800. The van der Waals surface area contributed by atoms with Crippen LogP contribution in [0.5, 0.6) is 0 Å². The van der Waals surface area contributed by atoms with Crippen LogP contribution in [0.25, 0.3) is 0 Å². The molecule has 40 valence electrons. The molecule has 0 aromatic heterocycles. The molecule has 0 aliphatic rings. The molecule has 0 aliphatic heterocycles. The first kappa shape index (κ1) is 16.6. The molecule has 0 saturated carbocycles. The molecule has 0 aliphatic carbocycles. The Morgan fingerprint density at radius 3 is 1.43 bits per heavy atom. The minimum atomic E-state index is -4.17. The molecule has 7 heavy (non-hydrogen) atoms. The SMILES string of the molecule is O=P(O)(O)Cl.[CaH2].[SrH2]. The zero-order chi connectivity index (χ0) is 4.50. The van der Waals surface area contributed by atoms with E-state index < -0.39 is 6.95 Å². The van der Waals surface area contributed by atoms with Gasteiger partial charge in [-0.15, -0.1) is 0 Å². The van der Waals surface area contributed by atoms with Gasteiger partial charge < -0.3 is 9.79 Å². The van der Waals surface area contributed by atoms with E-state index in [0.717, 1.165) is 0 Å². The van der Waals surface area contributed by atoms with Gasteiger partial charge in [0, 0.05) is 11.2 Å². The van der Waals surface area contributed by atoms with E-state index in [-0.39, 0.29) is 83.2 Å². The molecule has 0 rings (SSSR count). The minimum absolute atomic E-state index is 0. The van der Waals surface area contributed by atoms with Gasteiger partial charge in [0.1, 0.15) is 0 Å². The van der Waals surface area contributed by atoms with Crippen molar-refractivity contribution < 1.29 is 14.4 Å². The molecular formula is H6CaClO3PSr. The fourth-order valence-corrected chi connectivity index (χ4v) is 0. The monoisotopic (exact) mass is 248 g/mol. The number of halogens is 1. The first-order valence-electron chi connectivity index (χ1n) is 0.752.